The zero-order chi connectivity index (χ0) is 10.7. The van der Waals surface area contributed by atoms with Crippen molar-refractivity contribution in [3.63, 3.8) is 0 Å². The molecule has 2 heterocycles. The van der Waals surface area contributed by atoms with Crippen LogP contribution in [0.4, 0.5) is 5.82 Å². The molecule has 1 atom stereocenters. The van der Waals surface area contributed by atoms with Crippen LogP contribution in [0.3, 0.4) is 0 Å². The molecule has 1 aliphatic rings. The Balaban J connectivity index is 2.09. The number of halogens is 2. The summed E-state index contributed by atoms with van der Waals surface area (Å²) < 4.78 is 0.918. The number of hydrogen-bond donors (Lipinski definition) is 0. The molecule has 1 fully saturated rings. The summed E-state index contributed by atoms with van der Waals surface area (Å²) in [7, 11) is 0. The van der Waals surface area contributed by atoms with Gasteiger partial charge in [-0.1, -0.05) is 22.0 Å². The second-order valence-electron chi connectivity index (χ2n) is 3.93. The Morgan fingerprint density at radius 1 is 1.47 bits per heavy atom. The smallest absolute Gasteiger partial charge is 0.129 e. The minimum absolute atomic E-state index is 0.763. The molecular formula is C11H14Br2N2. The van der Waals surface area contributed by atoms with Crippen molar-refractivity contribution in [2.45, 2.75) is 12.8 Å². The third kappa shape index (κ3) is 2.94. The predicted octanol–water partition coefficient (Wildman–Crippen LogP) is 3.46. The van der Waals surface area contributed by atoms with Gasteiger partial charge in [0.2, 0.25) is 0 Å². The van der Waals surface area contributed by atoms with E-state index >= 15 is 0 Å². The molecule has 0 saturated carbocycles. The highest BCUT2D eigenvalue weighted by Gasteiger charge is 2.19. The minimum atomic E-state index is 0.763. The Kier molecular flexibility index (Phi) is 4.03. The Morgan fingerprint density at radius 3 is 3.07 bits per heavy atom. The van der Waals surface area contributed by atoms with Gasteiger partial charge in [-0.3, -0.25) is 0 Å². The lowest BCUT2D eigenvalue weighted by Gasteiger charge is -2.32. The van der Waals surface area contributed by atoms with Gasteiger partial charge in [0.05, 0.1) is 0 Å². The number of alkyl halides is 1. The second-order valence-corrected chi connectivity index (χ2v) is 5.39. The van der Waals surface area contributed by atoms with Crippen molar-refractivity contribution >= 4 is 37.7 Å². The third-order valence-electron chi connectivity index (χ3n) is 2.76. The molecule has 0 bridgehead atoms. The van der Waals surface area contributed by atoms with E-state index in [9.17, 15) is 0 Å². The number of hydrogen-bond acceptors (Lipinski definition) is 2. The summed E-state index contributed by atoms with van der Waals surface area (Å²) in [6.07, 6.45) is 2.60. The molecule has 0 N–H and O–H groups in total. The van der Waals surface area contributed by atoms with Crippen LogP contribution >= 0.6 is 31.9 Å². The molecule has 1 aromatic rings. The van der Waals surface area contributed by atoms with Crippen molar-refractivity contribution in [1.29, 1.82) is 0 Å². The number of aromatic nitrogens is 1. The van der Waals surface area contributed by atoms with Crippen molar-refractivity contribution in [2.24, 2.45) is 5.92 Å². The number of pyridine rings is 1. The number of rotatable bonds is 2. The molecule has 0 spiro atoms. The molecule has 0 unspecified atom stereocenters. The van der Waals surface area contributed by atoms with E-state index in [1.54, 1.807) is 0 Å². The molecule has 1 aliphatic heterocycles. The molecule has 15 heavy (non-hydrogen) atoms. The van der Waals surface area contributed by atoms with Gasteiger partial charge in [-0.15, -0.1) is 0 Å². The Labute approximate surface area is 107 Å². The molecule has 2 nitrogen and oxygen atoms in total. The Hall–Kier alpha value is -0.0900. The summed E-state index contributed by atoms with van der Waals surface area (Å²) >= 11 is 6.98. The van der Waals surface area contributed by atoms with Crippen molar-refractivity contribution in [3.8, 4) is 0 Å². The summed E-state index contributed by atoms with van der Waals surface area (Å²) in [6, 6.07) is 6.10. The first-order valence-corrected chi connectivity index (χ1v) is 7.14. The molecule has 0 aromatic carbocycles. The van der Waals surface area contributed by atoms with Gasteiger partial charge in [-0.25, -0.2) is 4.98 Å². The lowest BCUT2D eigenvalue weighted by atomic mass is 10.0. The summed E-state index contributed by atoms with van der Waals surface area (Å²) in [5.74, 6) is 1.86. The monoisotopic (exact) mass is 332 g/mol. The highest BCUT2D eigenvalue weighted by molar-refractivity contribution is 9.10. The first-order chi connectivity index (χ1) is 7.29. The van der Waals surface area contributed by atoms with Crippen LogP contribution in [0.2, 0.25) is 0 Å². The van der Waals surface area contributed by atoms with E-state index in [1.807, 2.05) is 12.1 Å². The van der Waals surface area contributed by atoms with E-state index < -0.39 is 0 Å². The molecule has 0 radical (unpaired) electrons. The first kappa shape index (κ1) is 11.4. The van der Waals surface area contributed by atoms with E-state index in [4.69, 9.17) is 0 Å². The number of anilines is 1. The van der Waals surface area contributed by atoms with Gasteiger partial charge in [-0.2, -0.15) is 0 Å². The van der Waals surface area contributed by atoms with Crippen LogP contribution < -0.4 is 4.90 Å². The molecule has 0 aliphatic carbocycles. The van der Waals surface area contributed by atoms with Crippen LogP contribution in [0.1, 0.15) is 12.8 Å². The summed E-state index contributed by atoms with van der Waals surface area (Å²) in [4.78, 5) is 6.87. The van der Waals surface area contributed by atoms with Crippen LogP contribution in [0.25, 0.3) is 0 Å². The SMILES string of the molecule is BrC[C@H]1CCCN(c2cccc(Br)n2)C1. The Bertz CT molecular complexity index is 330. The standard InChI is InChI=1S/C11H14Br2N2/c12-7-9-3-2-6-15(8-9)11-5-1-4-10(13)14-11/h1,4-5,9H,2-3,6-8H2/t9-/m1/s1. The maximum absolute atomic E-state index is 4.49. The fourth-order valence-electron chi connectivity index (χ4n) is 1.97. The molecule has 0 amide bonds. The second kappa shape index (κ2) is 5.30. The normalized spacial score (nSPS) is 21.7. The van der Waals surface area contributed by atoms with E-state index in [2.05, 4.69) is 47.8 Å². The van der Waals surface area contributed by atoms with Crippen LogP contribution in [-0.4, -0.2) is 23.4 Å². The topological polar surface area (TPSA) is 16.1 Å². The Morgan fingerprint density at radius 2 is 2.33 bits per heavy atom. The summed E-state index contributed by atoms with van der Waals surface area (Å²) in [6.45, 7) is 2.25. The zero-order valence-corrected chi connectivity index (χ0v) is 11.7. The largest absolute Gasteiger partial charge is 0.356 e. The van der Waals surface area contributed by atoms with Crippen LogP contribution in [-0.2, 0) is 0 Å². The first-order valence-electron chi connectivity index (χ1n) is 5.23. The van der Waals surface area contributed by atoms with Crippen LogP contribution in [0.15, 0.2) is 22.8 Å². The lowest BCUT2D eigenvalue weighted by Crippen LogP contribution is -2.36. The zero-order valence-electron chi connectivity index (χ0n) is 8.50. The van der Waals surface area contributed by atoms with Crippen molar-refractivity contribution in [1.82, 2.24) is 4.98 Å². The highest BCUT2D eigenvalue weighted by Crippen LogP contribution is 2.23. The molecular weight excluding hydrogens is 320 g/mol. The lowest BCUT2D eigenvalue weighted by molar-refractivity contribution is 0.452. The molecule has 1 saturated heterocycles. The van der Waals surface area contributed by atoms with Crippen molar-refractivity contribution < 1.29 is 0 Å². The van der Waals surface area contributed by atoms with Gasteiger partial charge in [-0.05, 0) is 46.8 Å². The fourth-order valence-corrected chi connectivity index (χ4v) is 2.84. The number of piperidine rings is 1. The molecule has 1 aromatic heterocycles. The fraction of sp³-hybridized carbons (Fsp3) is 0.545. The number of nitrogens with zero attached hydrogens (tertiary/aromatic N) is 2. The van der Waals surface area contributed by atoms with Crippen molar-refractivity contribution in [3.05, 3.63) is 22.8 Å². The van der Waals surface area contributed by atoms with Gasteiger partial charge < -0.3 is 4.90 Å². The third-order valence-corrected chi connectivity index (χ3v) is 4.12. The summed E-state index contributed by atoms with van der Waals surface area (Å²) in [5, 5.41) is 1.09. The van der Waals surface area contributed by atoms with Crippen molar-refractivity contribution in [2.75, 3.05) is 23.3 Å². The van der Waals surface area contributed by atoms with E-state index in [-0.39, 0.29) is 0 Å². The van der Waals surface area contributed by atoms with Gasteiger partial charge in [0, 0.05) is 18.4 Å². The van der Waals surface area contributed by atoms with Gasteiger partial charge in [0.25, 0.3) is 0 Å². The predicted molar refractivity (Wildman–Crippen MR) is 70.7 cm³/mol. The van der Waals surface area contributed by atoms with E-state index in [1.165, 1.54) is 12.8 Å². The van der Waals surface area contributed by atoms with E-state index in [0.717, 1.165) is 34.8 Å². The van der Waals surface area contributed by atoms with Crippen LogP contribution in [0.5, 0.6) is 0 Å². The quantitative estimate of drug-likeness (QED) is 0.608. The minimum Gasteiger partial charge on any atom is -0.356 e. The van der Waals surface area contributed by atoms with Gasteiger partial charge >= 0.3 is 0 Å². The molecule has 2 rings (SSSR count). The molecule has 4 heteroatoms. The maximum atomic E-state index is 4.49. The molecule has 82 valence electrons. The van der Waals surface area contributed by atoms with Gasteiger partial charge in [0.1, 0.15) is 10.4 Å². The van der Waals surface area contributed by atoms with Crippen LogP contribution in [0, 0.1) is 5.92 Å². The van der Waals surface area contributed by atoms with E-state index in [0.29, 0.717) is 0 Å². The highest BCUT2D eigenvalue weighted by atomic mass is 79.9. The average Bonchev–Trinajstić information content (AvgIpc) is 2.29. The maximum Gasteiger partial charge on any atom is 0.129 e. The summed E-state index contributed by atoms with van der Waals surface area (Å²) in [5.41, 5.74) is 0. The van der Waals surface area contributed by atoms with Gasteiger partial charge in [0.15, 0.2) is 0 Å². The average molecular weight is 334 g/mol.